The molecule has 0 amide bonds. The van der Waals surface area contributed by atoms with Crippen LogP contribution in [0.25, 0.3) is 60.9 Å². The van der Waals surface area contributed by atoms with Crippen LogP contribution in [0, 0.1) is 0 Å². The standard InChI is InChI=1S/C41H31N/c1-25(2)26-11-13-31-20-32-15-17-33(24-38(32)37(31)21-26)42-40-10-6-5-9-35(40)39-23-28(16-18-41(39)42)27-12-14-30-19-29-7-3-4-8-34(29)36(30)22-27/h3-18,21-25H,19-20H2,1-2H3. The van der Waals surface area contributed by atoms with Gasteiger partial charge in [-0.15, -0.1) is 0 Å². The Kier molecular flexibility index (Phi) is 4.99. The number of hydrogen-bond acceptors (Lipinski definition) is 0. The Morgan fingerprint density at radius 3 is 1.95 bits per heavy atom. The Balaban J connectivity index is 1.20. The summed E-state index contributed by atoms with van der Waals surface area (Å²) in [6.07, 6.45) is 2.05. The first kappa shape index (κ1) is 23.8. The van der Waals surface area contributed by atoms with Crippen molar-refractivity contribution in [3.8, 4) is 39.1 Å². The highest BCUT2D eigenvalue weighted by Crippen LogP contribution is 2.43. The zero-order chi connectivity index (χ0) is 27.9. The molecule has 1 heterocycles. The lowest BCUT2D eigenvalue weighted by Gasteiger charge is -2.12. The Morgan fingerprint density at radius 1 is 0.476 bits per heavy atom. The summed E-state index contributed by atoms with van der Waals surface area (Å²) in [5, 5.41) is 2.59. The highest BCUT2D eigenvalue weighted by molar-refractivity contribution is 6.10. The van der Waals surface area contributed by atoms with Crippen molar-refractivity contribution in [3.05, 3.63) is 149 Å². The largest absolute Gasteiger partial charge is 0.309 e. The summed E-state index contributed by atoms with van der Waals surface area (Å²) in [4.78, 5) is 0. The van der Waals surface area contributed by atoms with Crippen molar-refractivity contribution < 1.29 is 0 Å². The van der Waals surface area contributed by atoms with Gasteiger partial charge >= 0.3 is 0 Å². The van der Waals surface area contributed by atoms with Gasteiger partial charge in [0.2, 0.25) is 0 Å². The Labute approximate surface area is 246 Å². The lowest BCUT2D eigenvalue weighted by molar-refractivity contribution is 0.866. The van der Waals surface area contributed by atoms with Crippen molar-refractivity contribution in [3.63, 3.8) is 0 Å². The maximum atomic E-state index is 2.46. The van der Waals surface area contributed by atoms with Gasteiger partial charge in [-0.05, 0) is 116 Å². The second-order valence-electron chi connectivity index (χ2n) is 12.4. The molecule has 7 aromatic rings. The second-order valence-corrected chi connectivity index (χ2v) is 12.4. The number of hydrogen-bond donors (Lipinski definition) is 0. The number of aromatic nitrogens is 1. The van der Waals surface area contributed by atoms with Crippen LogP contribution in [0.2, 0.25) is 0 Å². The van der Waals surface area contributed by atoms with E-state index in [1.165, 1.54) is 88.7 Å². The molecule has 0 unspecified atom stereocenters. The number of benzene rings is 6. The minimum atomic E-state index is 0.523. The van der Waals surface area contributed by atoms with Crippen LogP contribution in [-0.4, -0.2) is 4.57 Å². The van der Waals surface area contributed by atoms with Gasteiger partial charge in [0.25, 0.3) is 0 Å². The van der Waals surface area contributed by atoms with E-state index in [9.17, 15) is 0 Å². The summed E-state index contributed by atoms with van der Waals surface area (Å²) in [6, 6.07) is 45.9. The van der Waals surface area contributed by atoms with E-state index < -0.39 is 0 Å². The van der Waals surface area contributed by atoms with Crippen molar-refractivity contribution in [2.75, 3.05) is 0 Å². The number of para-hydroxylation sites is 1. The molecule has 42 heavy (non-hydrogen) atoms. The van der Waals surface area contributed by atoms with Crippen LogP contribution in [0.3, 0.4) is 0 Å². The minimum Gasteiger partial charge on any atom is -0.309 e. The molecule has 6 aromatic carbocycles. The van der Waals surface area contributed by atoms with Gasteiger partial charge in [-0.2, -0.15) is 0 Å². The number of rotatable bonds is 3. The molecule has 0 spiro atoms. The topological polar surface area (TPSA) is 4.93 Å². The third kappa shape index (κ3) is 3.43. The predicted octanol–water partition coefficient (Wildman–Crippen LogP) is 10.7. The van der Waals surface area contributed by atoms with Crippen LogP contribution < -0.4 is 0 Å². The molecule has 200 valence electrons. The average molecular weight is 538 g/mol. The first-order valence-corrected chi connectivity index (χ1v) is 15.1. The number of nitrogens with zero attached hydrogens (tertiary/aromatic N) is 1. The summed E-state index contributed by atoms with van der Waals surface area (Å²) in [5.74, 6) is 0.523. The van der Waals surface area contributed by atoms with Crippen LogP contribution in [0.4, 0.5) is 0 Å². The molecular formula is C41H31N. The summed E-state index contributed by atoms with van der Waals surface area (Å²) < 4.78 is 2.46. The average Bonchev–Trinajstić information content (AvgIpc) is 3.69. The highest BCUT2D eigenvalue weighted by Gasteiger charge is 2.22. The Hall–Kier alpha value is -4.88. The fourth-order valence-corrected chi connectivity index (χ4v) is 7.41. The summed E-state index contributed by atoms with van der Waals surface area (Å²) in [6.45, 7) is 4.56. The molecule has 2 aliphatic carbocycles. The van der Waals surface area contributed by atoms with Crippen molar-refractivity contribution in [1.29, 1.82) is 0 Å². The zero-order valence-electron chi connectivity index (χ0n) is 24.0. The van der Waals surface area contributed by atoms with E-state index in [1.54, 1.807) is 0 Å². The molecule has 0 atom stereocenters. The maximum absolute atomic E-state index is 2.46. The fourth-order valence-electron chi connectivity index (χ4n) is 7.41. The van der Waals surface area contributed by atoms with Crippen LogP contribution in [0.15, 0.2) is 121 Å². The summed E-state index contributed by atoms with van der Waals surface area (Å²) in [5.41, 5.74) is 18.9. The molecule has 1 heteroatoms. The van der Waals surface area contributed by atoms with E-state index in [1.807, 2.05) is 0 Å². The monoisotopic (exact) mass is 537 g/mol. The minimum absolute atomic E-state index is 0.523. The quantitative estimate of drug-likeness (QED) is 0.211. The molecule has 9 rings (SSSR count). The predicted molar refractivity (Wildman–Crippen MR) is 177 cm³/mol. The van der Waals surface area contributed by atoms with Gasteiger partial charge in [-0.1, -0.05) is 98.8 Å². The molecule has 1 nitrogen and oxygen atoms in total. The van der Waals surface area contributed by atoms with Gasteiger partial charge in [0.15, 0.2) is 0 Å². The third-order valence-electron chi connectivity index (χ3n) is 9.63. The second kappa shape index (κ2) is 8.81. The SMILES string of the molecule is CC(C)c1ccc2c(c1)-c1cc(-n3c4ccccc4c4cc(-c5ccc6c(c5)-c5ccccc5C6)ccc43)ccc1C2. The van der Waals surface area contributed by atoms with Crippen LogP contribution >= 0.6 is 0 Å². The van der Waals surface area contributed by atoms with E-state index in [0.29, 0.717) is 5.92 Å². The van der Waals surface area contributed by atoms with E-state index in [4.69, 9.17) is 0 Å². The lowest BCUT2D eigenvalue weighted by Crippen LogP contribution is -1.95. The molecule has 2 aliphatic rings. The van der Waals surface area contributed by atoms with Gasteiger partial charge in [0, 0.05) is 16.5 Å². The van der Waals surface area contributed by atoms with Crippen LogP contribution in [0.5, 0.6) is 0 Å². The highest BCUT2D eigenvalue weighted by atomic mass is 15.0. The number of fused-ring (bicyclic) bond motifs is 9. The lowest BCUT2D eigenvalue weighted by atomic mass is 9.97. The van der Waals surface area contributed by atoms with Gasteiger partial charge in [-0.3, -0.25) is 0 Å². The van der Waals surface area contributed by atoms with Crippen LogP contribution in [-0.2, 0) is 12.8 Å². The van der Waals surface area contributed by atoms with Crippen LogP contribution in [0.1, 0.15) is 47.6 Å². The molecule has 1 aromatic heterocycles. The van der Waals surface area contributed by atoms with Crippen molar-refractivity contribution in [2.24, 2.45) is 0 Å². The van der Waals surface area contributed by atoms with Crippen molar-refractivity contribution in [1.82, 2.24) is 4.57 Å². The van der Waals surface area contributed by atoms with E-state index in [0.717, 1.165) is 12.8 Å². The van der Waals surface area contributed by atoms with Gasteiger partial charge in [0.05, 0.1) is 11.0 Å². The van der Waals surface area contributed by atoms with Gasteiger partial charge in [-0.25, -0.2) is 0 Å². The third-order valence-corrected chi connectivity index (χ3v) is 9.63. The molecule has 0 radical (unpaired) electrons. The van der Waals surface area contributed by atoms with E-state index in [-0.39, 0.29) is 0 Å². The Morgan fingerprint density at radius 2 is 1.10 bits per heavy atom. The smallest absolute Gasteiger partial charge is 0.0541 e. The fraction of sp³-hybridized carbons (Fsp3) is 0.122. The van der Waals surface area contributed by atoms with Crippen molar-refractivity contribution in [2.45, 2.75) is 32.6 Å². The Bertz CT molecular complexity index is 2230. The molecule has 0 N–H and O–H groups in total. The first-order valence-electron chi connectivity index (χ1n) is 15.1. The molecule has 0 saturated carbocycles. The van der Waals surface area contributed by atoms with E-state index in [2.05, 4.69) is 140 Å². The molecule has 0 fully saturated rings. The maximum Gasteiger partial charge on any atom is 0.0541 e. The van der Waals surface area contributed by atoms with Crippen molar-refractivity contribution >= 4 is 21.8 Å². The summed E-state index contributed by atoms with van der Waals surface area (Å²) in [7, 11) is 0. The molecule has 0 saturated heterocycles. The zero-order valence-corrected chi connectivity index (χ0v) is 24.0. The van der Waals surface area contributed by atoms with Gasteiger partial charge < -0.3 is 4.57 Å². The first-order chi connectivity index (χ1) is 20.6. The summed E-state index contributed by atoms with van der Waals surface area (Å²) >= 11 is 0. The molecular weight excluding hydrogens is 506 g/mol. The molecule has 0 aliphatic heterocycles. The van der Waals surface area contributed by atoms with E-state index >= 15 is 0 Å². The van der Waals surface area contributed by atoms with Gasteiger partial charge in [0.1, 0.15) is 0 Å². The normalized spacial score (nSPS) is 13.0. The molecule has 0 bridgehead atoms.